The average molecular weight is 420 g/mol. The van der Waals surface area contributed by atoms with Crippen LogP contribution in [0.3, 0.4) is 0 Å². The largest absolute Gasteiger partial charge is 0.454 e. The first kappa shape index (κ1) is 20.1. The predicted molar refractivity (Wildman–Crippen MR) is 119 cm³/mol. The van der Waals surface area contributed by atoms with Crippen LogP contribution in [0.15, 0.2) is 53.6 Å². The van der Waals surface area contributed by atoms with Gasteiger partial charge < -0.3 is 9.47 Å². The molecule has 31 heavy (non-hydrogen) atoms. The lowest BCUT2D eigenvalue weighted by Gasteiger charge is -2.32. The highest BCUT2D eigenvalue weighted by molar-refractivity contribution is 6.03. The first-order chi connectivity index (χ1) is 15.2. The van der Waals surface area contributed by atoms with Gasteiger partial charge in [0.05, 0.1) is 18.3 Å². The molecule has 0 N–H and O–H groups in total. The quantitative estimate of drug-likeness (QED) is 0.723. The number of carbonyl (C=O) groups is 1. The van der Waals surface area contributed by atoms with Crippen molar-refractivity contribution >= 4 is 11.6 Å². The summed E-state index contributed by atoms with van der Waals surface area (Å²) in [5, 5.41) is 6.50. The van der Waals surface area contributed by atoms with Gasteiger partial charge >= 0.3 is 0 Å². The standard InChI is InChI=1S/C25H29N3O3/c1-27(20-10-6-3-7-11-20)16-25(29)28-22(15-21(26-28)18-8-4-2-5-9-18)19-12-13-23-24(14-19)31-17-30-23/h2,4-5,8-9,12-14,20,22H,3,6-7,10-11,15-17H2,1H3/t22-/m1/s1. The maximum Gasteiger partial charge on any atom is 0.257 e. The van der Waals surface area contributed by atoms with Crippen LogP contribution < -0.4 is 9.47 Å². The van der Waals surface area contributed by atoms with Crippen molar-refractivity contribution in [3.63, 3.8) is 0 Å². The summed E-state index contributed by atoms with van der Waals surface area (Å²) in [6.07, 6.45) is 6.84. The molecule has 5 rings (SSSR count). The number of carbonyl (C=O) groups excluding carboxylic acids is 1. The molecule has 2 aliphatic heterocycles. The first-order valence-electron chi connectivity index (χ1n) is 11.2. The van der Waals surface area contributed by atoms with Gasteiger partial charge in [0.25, 0.3) is 5.91 Å². The number of hydrazone groups is 1. The second-order valence-electron chi connectivity index (χ2n) is 8.69. The van der Waals surface area contributed by atoms with Crippen molar-refractivity contribution in [2.75, 3.05) is 20.4 Å². The Kier molecular flexibility index (Phi) is 5.64. The van der Waals surface area contributed by atoms with Gasteiger partial charge in [-0.3, -0.25) is 9.69 Å². The lowest BCUT2D eigenvalue weighted by atomic mass is 9.94. The molecule has 0 spiro atoms. The van der Waals surface area contributed by atoms with Gasteiger partial charge in [0.15, 0.2) is 11.5 Å². The van der Waals surface area contributed by atoms with Crippen molar-refractivity contribution in [2.24, 2.45) is 5.10 Å². The van der Waals surface area contributed by atoms with Gasteiger partial charge in [-0.25, -0.2) is 5.01 Å². The van der Waals surface area contributed by atoms with Gasteiger partial charge in [0.2, 0.25) is 6.79 Å². The number of ether oxygens (including phenoxy) is 2. The van der Waals surface area contributed by atoms with Crippen molar-refractivity contribution < 1.29 is 14.3 Å². The van der Waals surface area contributed by atoms with E-state index in [9.17, 15) is 4.79 Å². The summed E-state index contributed by atoms with van der Waals surface area (Å²) in [7, 11) is 2.07. The van der Waals surface area contributed by atoms with Gasteiger partial charge in [0, 0.05) is 12.5 Å². The molecule has 0 unspecified atom stereocenters. The van der Waals surface area contributed by atoms with E-state index in [2.05, 4.69) is 24.1 Å². The normalized spacial score (nSPS) is 20.9. The number of fused-ring (bicyclic) bond motifs is 1. The molecule has 2 heterocycles. The van der Waals surface area contributed by atoms with E-state index < -0.39 is 0 Å². The molecule has 3 aliphatic rings. The summed E-state index contributed by atoms with van der Waals surface area (Å²) in [5.41, 5.74) is 3.02. The summed E-state index contributed by atoms with van der Waals surface area (Å²) in [4.78, 5) is 15.6. The highest BCUT2D eigenvalue weighted by Gasteiger charge is 2.35. The van der Waals surface area contributed by atoms with Crippen LogP contribution in [0.4, 0.5) is 0 Å². The predicted octanol–water partition coefficient (Wildman–Crippen LogP) is 4.36. The molecule has 0 aromatic heterocycles. The van der Waals surface area contributed by atoms with E-state index in [-0.39, 0.29) is 18.7 Å². The second kappa shape index (κ2) is 8.71. The van der Waals surface area contributed by atoms with Gasteiger partial charge in [-0.1, -0.05) is 55.7 Å². The number of likely N-dealkylation sites (N-methyl/N-ethyl adjacent to an activating group) is 1. The van der Waals surface area contributed by atoms with Gasteiger partial charge in [-0.05, 0) is 43.1 Å². The van der Waals surface area contributed by atoms with E-state index in [1.165, 1.54) is 32.1 Å². The van der Waals surface area contributed by atoms with Gasteiger partial charge in [-0.2, -0.15) is 5.10 Å². The summed E-state index contributed by atoms with van der Waals surface area (Å²) < 4.78 is 11.0. The van der Waals surface area contributed by atoms with Crippen molar-refractivity contribution in [3.05, 3.63) is 59.7 Å². The Balaban J connectivity index is 1.40. The third-order valence-corrected chi connectivity index (χ3v) is 6.64. The minimum absolute atomic E-state index is 0.0432. The fraction of sp³-hybridized carbons (Fsp3) is 0.440. The molecular weight excluding hydrogens is 390 g/mol. The summed E-state index contributed by atoms with van der Waals surface area (Å²) >= 11 is 0. The zero-order valence-electron chi connectivity index (χ0n) is 18.0. The van der Waals surface area contributed by atoms with E-state index in [0.29, 0.717) is 19.0 Å². The maximum absolute atomic E-state index is 13.4. The monoisotopic (exact) mass is 419 g/mol. The summed E-state index contributed by atoms with van der Waals surface area (Å²) in [6.45, 7) is 0.626. The van der Waals surface area contributed by atoms with Gasteiger partial charge in [-0.15, -0.1) is 0 Å². The molecule has 6 heteroatoms. The van der Waals surface area contributed by atoms with Gasteiger partial charge in [0.1, 0.15) is 0 Å². The molecule has 2 aromatic rings. The Bertz CT molecular complexity index is 969. The van der Waals surface area contributed by atoms with Crippen LogP contribution in [0.1, 0.15) is 55.7 Å². The second-order valence-corrected chi connectivity index (χ2v) is 8.69. The molecule has 1 aliphatic carbocycles. The molecule has 1 saturated carbocycles. The van der Waals surface area contributed by atoms with Crippen LogP contribution >= 0.6 is 0 Å². The minimum atomic E-state index is -0.142. The number of benzene rings is 2. The molecular formula is C25H29N3O3. The number of nitrogens with zero attached hydrogens (tertiary/aromatic N) is 3. The van der Waals surface area contributed by atoms with Crippen LogP contribution in [0.5, 0.6) is 11.5 Å². The number of rotatable bonds is 5. The third kappa shape index (κ3) is 4.17. The summed E-state index contributed by atoms with van der Waals surface area (Å²) in [5.74, 6) is 1.53. The smallest absolute Gasteiger partial charge is 0.257 e. The van der Waals surface area contributed by atoms with Crippen molar-refractivity contribution in [2.45, 2.75) is 50.6 Å². The fourth-order valence-corrected chi connectivity index (χ4v) is 4.86. The van der Waals surface area contributed by atoms with Crippen LogP contribution in [0.25, 0.3) is 0 Å². The zero-order valence-corrected chi connectivity index (χ0v) is 18.0. The number of hydrogen-bond donors (Lipinski definition) is 0. The Morgan fingerprint density at radius 2 is 1.84 bits per heavy atom. The maximum atomic E-state index is 13.4. The van der Waals surface area contributed by atoms with Crippen LogP contribution in [0.2, 0.25) is 0 Å². The zero-order chi connectivity index (χ0) is 21.2. The number of amides is 1. The van der Waals surface area contributed by atoms with E-state index in [1.54, 1.807) is 5.01 Å². The Morgan fingerprint density at radius 1 is 1.06 bits per heavy atom. The molecule has 0 saturated heterocycles. The fourth-order valence-electron chi connectivity index (χ4n) is 4.86. The third-order valence-electron chi connectivity index (χ3n) is 6.64. The molecule has 162 valence electrons. The molecule has 0 radical (unpaired) electrons. The van der Waals surface area contributed by atoms with Crippen molar-refractivity contribution in [1.29, 1.82) is 0 Å². The molecule has 1 fully saturated rings. The molecule has 2 aromatic carbocycles. The van der Waals surface area contributed by atoms with Crippen LogP contribution in [-0.2, 0) is 4.79 Å². The highest BCUT2D eigenvalue weighted by atomic mass is 16.7. The highest BCUT2D eigenvalue weighted by Crippen LogP contribution is 2.39. The van der Waals surface area contributed by atoms with Crippen LogP contribution in [-0.4, -0.2) is 48.0 Å². The van der Waals surface area contributed by atoms with Crippen molar-refractivity contribution in [3.8, 4) is 11.5 Å². The SMILES string of the molecule is CN(CC(=O)N1N=C(c2ccccc2)C[C@@H]1c1ccc2c(c1)OCO2)C1CCCCC1. The van der Waals surface area contributed by atoms with E-state index in [4.69, 9.17) is 14.6 Å². The Hall–Kier alpha value is -2.86. The minimum Gasteiger partial charge on any atom is -0.454 e. The Labute approximate surface area is 183 Å². The topological polar surface area (TPSA) is 54.4 Å². The van der Waals surface area contributed by atoms with E-state index in [1.807, 2.05) is 36.4 Å². The molecule has 1 atom stereocenters. The summed E-state index contributed by atoms with van der Waals surface area (Å²) in [6, 6.07) is 16.4. The molecule has 0 bridgehead atoms. The van der Waals surface area contributed by atoms with E-state index >= 15 is 0 Å². The van der Waals surface area contributed by atoms with Crippen molar-refractivity contribution in [1.82, 2.24) is 9.91 Å². The lowest BCUT2D eigenvalue weighted by Crippen LogP contribution is -2.41. The Morgan fingerprint density at radius 3 is 2.65 bits per heavy atom. The molecule has 6 nitrogen and oxygen atoms in total. The lowest BCUT2D eigenvalue weighted by molar-refractivity contribution is -0.134. The van der Waals surface area contributed by atoms with Crippen LogP contribution in [0, 0.1) is 0 Å². The van der Waals surface area contributed by atoms with E-state index in [0.717, 1.165) is 28.3 Å². The first-order valence-corrected chi connectivity index (χ1v) is 11.2. The molecule has 1 amide bonds. The average Bonchev–Trinajstić information content (AvgIpc) is 3.47. The number of hydrogen-bond acceptors (Lipinski definition) is 5.